The predicted octanol–water partition coefficient (Wildman–Crippen LogP) is 2.44. The van der Waals surface area contributed by atoms with Crippen LogP contribution in [0.5, 0.6) is 0 Å². The quantitative estimate of drug-likeness (QED) is 0.709. The molecular formula is C12H18N2O. The van der Waals surface area contributed by atoms with Crippen molar-refractivity contribution in [2.24, 2.45) is 0 Å². The lowest BCUT2D eigenvalue weighted by Crippen LogP contribution is -2.17. The number of aryl methyl sites for hydroxylation is 1. The Labute approximate surface area is 91.1 Å². The molecule has 15 heavy (non-hydrogen) atoms. The fourth-order valence-corrected chi connectivity index (χ4v) is 1.39. The number of hydrogen-bond donors (Lipinski definition) is 0. The molecule has 0 aromatic carbocycles. The summed E-state index contributed by atoms with van der Waals surface area (Å²) in [7, 11) is 1.99. The molecular weight excluding hydrogens is 188 g/mol. The lowest BCUT2D eigenvalue weighted by molar-refractivity contribution is 0.0987. The number of ketones is 1. The molecule has 0 radical (unpaired) electrons. The Morgan fingerprint density at radius 3 is 2.60 bits per heavy atom. The second kappa shape index (κ2) is 4.91. The highest BCUT2D eigenvalue weighted by molar-refractivity contribution is 5.97. The van der Waals surface area contributed by atoms with E-state index in [0.29, 0.717) is 6.42 Å². The molecule has 1 heterocycles. The van der Waals surface area contributed by atoms with Gasteiger partial charge < -0.3 is 4.90 Å². The molecule has 0 saturated heterocycles. The van der Waals surface area contributed by atoms with Crippen LogP contribution in [-0.4, -0.2) is 24.4 Å². The maximum absolute atomic E-state index is 11.5. The smallest absolute Gasteiger partial charge is 0.164 e. The van der Waals surface area contributed by atoms with Gasteiger partial charge in [0.2, 0.25) is 0 Å². The van der Waals surface area contributed by atoms with Gasteiger partial charge in [0.05, 0.1) is 0 Å². The Morgan fingerprint density at radius 2 is 2.13 bits per heavy atom. The number of Topliss-reactive ketones (excluding diaryl/α,β-unsaturated/α-hetero) is 1. The highest BCUT2D eigenvalue weighted by Gasteiger charge is 2.09. The molecule has 3 nitrogen and oxygen atoms in total. The Kier molecular flexibility index (Phi) is 3.83. The first-order valence-electron chi connectivity index (χ1n) is 5.31. The van der Waals surface area contributed by atoms with Gasteiger partial charge in [0, 0.05) is 31.8 Å². The number of rotatable bonds is 4. The third-order valence-corrected chi connectivity index (χ3v) is 2.58. The molecule has 1 rings (SSSR count). The van der Waals surface area contributed by atoms with E-state index >= 15 is 0 Å². The average molecular weight is 206 g/mol. The molecule has 0 bridgehead atoms. The van der Waals surface area contributed by atoms with Gasteiger partial charge >= 0.3 is 0 Å². The van der Waals surface area contributed by atoms with Crippen LogP contribution >= 0.6 is 0 Å². The number of pyridine rings is 1. The third kappa shape index (κ3) is 2.55. The summed E-state index contributed by atoms with van der Waals surface area (Å²) in [6.45, 7) is 6.81. The second-order valence-electron chi connectivity index (χ2n) is 3.65. The van der Waals surface area contributed by atoms with Crippen LogP contribution < -0.4 is 4.90 Å². The number of carbonyl (C=O) groups excluding carboxylic acids is 1. The number of nitrogens with zero attached hydrogens (tertiary/aromatic N) is 2. The van der Waals surface area contributed by atoms with Crippen LogP contribution in [-0.2, 0) is 0 Å². The Hall–Kier alpha value is -1.38. The van der Waals surface area contributed by atoms with Gasteiger partial charge in [-0.3, -0.25) is 4.79 Å². The minimum Gasteiger partial charge on any atom is -0.360 e. The Bertz CT molecular complexity index is 361. The number of anilines is 1. The van der Waals surface area contributed by atoms with Crippen molar-refractivity contribution in [2.45, 2.75) is 27.2 Å². The van der Waals surface area contributed by atoms with E-state index in [2.05, 4.69) is 11.9 Å². The first kappa shape index (κ1) is 11.7. The molecule has 0 fully saturated rings. The number of aromatic nitrogens is 1. The zero-order valence-corrected chi connectivity index (χ0v) is 9.87. The molecule has 0 unspecified atom stereocenters. The minimum absolute atomic E-state index is 0.158. The SMILES string of the molecule is CCC(=O)c1cnc(N(C)CC)cc1C. The molecule has 3 heteroatoms. The van der Waals surface area contributed by atoms with Crippen molar-refractivity contribution in [1.29, 1.82) is 0 Å². The molecule has 82 valence electrons. The maximum Gasteiger partial charge on any atom is 0.164 e. The lowest BCUT2D eigenvalue weighted by atomic mass is 10.1. The van der Waals surface area contributed by atoms with E-state index in [1.54, 1.807) is 6.20 Å². The van der Waals surface area contributed by atoms with Crippen LogP contribution in [0.2, 0.25) is 0 Å². The van der Waals surface area contributed by atoms with Crippen molar-refractivity contribution in [3.63, 3.8) is 0 Å². The van der Waals surface area contributed by atoms with Crippen molar-refractivity contribution >= 4 is 11.6 Å². The minimum atomic E-state index is 0.158. The van der Waals surface area contributed by atoms with Gasteiger partial charge in [-0.2, -0.15) is 0 Å². The van der Waals surface area contributed by atoms with Gasteiger partial charge in [-0.15, -0.1) is 0 Å². The van der Waals surface area contributed by atoms with E-state index in [1.165, 1.54) is 0 Å². The van der Waals surface area contributed by atoms with Crippen LogP contribution in [0.15, 0.2) is 12.3 Å². The van der Waals surface area contributed by atoms with E-state index in [-0.39, 0.29) is 5.78 Å². The van der Waals surface area contributed by atoms with E-state index in [0.717, 1.165) is 23.5 Å². The lowest BCUT2D eigenvalue weighted by Gasteiger charge is -2.16. The summed E-state index contributed by atoms with van der Waals surface area (Å²) >= 11 is 0. The molecule has 0 saturated carbocycles. The zero-order chi connectivity index (χ0) is 11.4. The van der Waals surface area contributed by atoms with Gasteiger partial charge in [0.25, 0.3) is 0 Å². The van der Waals surface area contributed by atoms with Crippen molar-refractivity contribution in [1.82, 2.24) is 4.98 Å². The molecule has 0 amide bonds. The van der Waals surface area contributed by atoms with Crippen LogP contribution in [0.4, 0.5) is 5.82 Å². The maximum atomic E-state index is 11.5. The van der Waals surface area contributed by atoms with Crippen molar-refractivity contribution in [3.8, 4) is 0 Å². The Morgan fingerprint density at radius 1 is 1.47 bits per heavy atom. The summed E-state index contributed by atoms with van der Waals surface area (Å²) in [5.74, 6) is 1.08. The molecule has 0 spiro atoms. The number of carbonyl (C=O) groups is 1. The molecule has 0 aliphatic carbocycles. The summed E-state index contributed by atoms with van der Waals surface area (Å²) in [5.41, 5.74) is 1.75. The van der Waals surface area contributed by atoms with Crippen LogP contribution in [0.1, 0.15) is 36.2 Å². The molecule has 0 aliphatic rings. The first-order valence-corrected chi connectivity index (χ1v) is 5.31. The molecule has 0 atom stereocenters. The zero-order valence-electron chi connectivity index (χ0n) is 9.87. The van der Waals surface area contributed by atoms with E-state index in [1.807, 2.05) is 31.9 Å². The summed E-state index contributed by atoms with van der Waals surface area (Å²) in [6.07, 6.45) is 2.22. The van der Waals surface area contributed by atoms with Crippen LogP contribution in [0, 0.1) is 6.92 Å². The van der Waals surface area contributed by atoms with Gasteiger partial charge in [-0.05, 0) is 25.5 Å². The van der Waals surface area contributed by atoms with E-state index in [9.17, 15) is 4.79 Å². The van der Waals surface area contributed by atoms with Gasteiger partial charge in [-0.1, -0.05) is 6.92 Å². The molecule has 1 aromatic heterocycles. The molecule has 1 aromatic rings. The van der Waals surface area contributed by atoms with Crippen molar-refractivity contribution in [3.05, 3.63) is 23.4 Å². The van der Waals surface area contributed by atoms with E-state index in [4.69, 9.17) is 0 Å². The fourth-order valence-electron chi connectivity index (χ4n) is 1.39. The molecule has 0 aliphatic heterocycles. The van der Waals surface area contributed by atoms with Gasteiger partial charge in [-0.25, -0.2) is 4.98 Å². The second-order valence-corrected chi connectivity index (χ2v) is 3.65. The summed E-state index contributed by atoms with van der Waals surface area (Å²) < 4.78 is 0. The van der Waals surface area contributed by atoms with Crippen molar-refractivity contribution in [2.75, 3.05) is 18.5 Å². The first-order chi connectivity index (χ1) is 7.10. The van der Waals surface area contributed by atoms with Gasteiger partial charge in [0.15, 0.2) is 5.78 Å². The molecule has 0 N–H and O–H groups in total. The van der Waals surface area contributed by atoms with Crippen LogP contribution in [0.3, 0.4) is 0 Å². The number of hydrogen-bond acceptors (Lipinski definition) is 3. The third-order valence-electron chi connectivity index (χ3n) is 2.58. The topological polar surface area (TPSA) is 33.2 Å². The summed E-state index contributed by atoms with van der Waals surface area (Å²) in [6, 6.07) is 1.96. The standard InChI is InChI=1S/C12H18N2O/c1-5-11(15)10-8-13-12(7-9(10)3)14(4)6-2/h7-8H,5-6H2,1-4H3. The van der Waals surface area contributed by atoms with E-state index < -0.39 is 0 Å². The van der Waals surface area contributed by atoms with Crippen LogP contribution in [0.25, 0.3) is 0 Å². The fraction of sp³-hybridized carbons (Fsp3) is 0.500. The monoisotopic (exact) mass is 206 g/mol. The highest BCUT2D eigenvalue weighted by Crippen LogP contribution is 2.15. The summed E-state index contributed by atoms with van der Waals surface area (Å²) in [4.78, 5) is 17.9. The normalized spacial score (nSPS) is 10.1. The summed E-state index contributed by atoms with van der Waals surface area (Å²) in [5, 5.41) is 0. The van der Waals surface area contributed by atoms with Gasteiger partial charge in [0.1, 0.15) is 5.82 Å². The van der Waals surface area contributed by atoms with Crippen molar-refractivity contribution < 1.29 is 4.79 Å². The predicted molar refractivity (Wildman–Crippen MR) is 62.5 cm³/mol. The largest absolute Gasteiger partial charge is 0.360 e. The Balaban J connectivity index is 3.03. The average Bonchev–Trinajstić information content (AvgIpc) is 2.26. The highest BCUT2D eigenvalue weighted by atomic mass is 16.1.